The van der Waals surface area contributed by atoms with Crippen molar-refractivity contribution in [3.63, 3.8) is 0 Å². The molecule has 0 unspecified atom stereocenters. The Morgan fingerprint density at radius 1 is 1.03 bits per heavy atom. The van der Waals surface area contributed by atoms with E-state index in [2.05, 4.69) is 6.58 Å². The SMILES string of the molecule is C=C(C)C(=O)OC[CH-]COc1cccc(CN(C)CP(=O)(O)O)c1CN(C)CP(=O)(O)O.[Y]. The van der Waals surface area contributed by atoms with Crippen LogP contribution in [0, 0.1) is 6.42 Å². The summed E-state index contributed by atoms with van der Waals surface area (Å²) >= 11 is 0. The molecule has 14 heteroatoms. The summed E-state index contributed by atoms with van der Waals surface area (Å²) in [4.78, 5) is 51.2. The molecule has 0 aliphatic rings. The van der Waals surface area contributed by atoms with Gasteiger partial charge in [-0.3, -0.25) is 25.4 Å². The van der Waals surface area contributed by atoms with E-state index < -0.39 is 33.7 Å². The van der Waals surface area contributed by atoms with Crippen molar-refractivity contribution in [3.8, 4) is 5.75 Å². The predicted molar refractivity (Wildman–Crippen MR) is 119 cm³/mol. The number of hydrogen-bond acceptors (Lipinski definition) is 7. The maximum absolute atomic E-state index is 11.4. The zero-order valence-corrected chi connectivity index (χ0v) is 23.6. The summed E-state index contributed by atoms with van der Waals surface area (Å²) in [7, 11) is -5.44. The van der Waals surface area contributed by atoms with Crippen LogP contribution in [0.25, 0.3) is 0 Å². The molecule has 0 heterocycles. The van der Waals surface area contributed by atoms with Gasteiger partial charge < -0.3 is 29.0 Å². The molecule has 0 amide bonds. The maximum Gasteiger partial charge on any atom is 0.339 e. The number of nitrogens with zero attached hydrogens (tertiary/aromatic N) is 2. The Hall–Kier alpha value is -0.446. The van der Waals surface area contributed by atoms with Gasteiger partial charge in [0.15, 0.2) is 0 Å². The summed E-state index contributed by atoms with van der Waals surface area (Å²) in [5.74, 6) is -0.0804. The van der Waals surface area contributed by atoms with Crippen molar-refractivity contribution in [2.75, 3.05) is 39.9 Å². The van der Waals surface area contributed by atoms with E-state index >= 15 is 0 Å². The zero-order valence-electron chi connectivity index (χ0n) is 19.0. The van der Waals surface area contributed by atoms with Gasteiger partial charge in [0.05, 0.1) is 0 Å². The fourth-order valence-electron chi connectivity index (χ4n) is 2.82. The molecule has 1 aromatic rings. The third-order valence-electron chi connectivity index (χ3n) is 3.99. The quantitative estimate of drug-likeness (QED) is 0.0829. The molecule has 0 spiro atoms. The van der Waals surface area contributed by atoms with Crippen molar-refractivity contribution in [3.05, 3.63) is 47.9 Å². The fourth-order valence-corrected chi connectivity index (χ4v) is 4.28. The Kier molecular flexibility index (Phi) is 14.6. The van der Waals surface area contributed by atoms with Gasteiger partial charge in [0, 0.05) is 56.9 Å². The number of ether oxygens (including phenoxy) is 2. The van der Waals surface area contributed by atoms with E-state index in [1.807, 2.05) is 0 Å². The zero-order chi connectivity index (χ0) is 24.5. The first kappa shape index (κ1) is 32.6. The molecule has 0 saturated heterocycles. The van der Waals surface area contributed by atoms with Crippen LogP contribution >= 0.6 is 15.2 Å². The maximum atomic E-state index is 11.4. The van der Waals surface area contributed by atoms with Gasteiger partial charge in [-0.15, -0.1) is 0 Å². The molecule has 1 radical (unpaired) electrons. The first-order valence-corrected chi connectivity index (χ1v) is 13.1. The minimum atomic E-state index is -4.28. The standard InChI is InChI=1S/C19H31N2O9P2.Y/c1-15(2)19(22)30-10-6-9-29-18-8-5-7-16(11-20(3)13-31(23,24)25)17(18)12-21(4)14-32(26,27)28;/h5-8H,1,9-14H2,2-4H3,(H2,23,24,25)(H2,26,27,28);/q-1;. The summed E-state index contributed by atoms with van der Waals surface area (Å²) in [6.07, 6.45) is 0.677. The van der Waals surface area contributed by atoms with Crippen molar-refractivity contribution in [1.82, 2.24) is 9.80 Å². The molecular weight excluding hydrogens is 551 g/mol. The summed E-state index contributed by atoms with van der Waals surface area (Å²) in [5, 5.41) is 0. The van der Waals surface area contributed by atoms with Gasteiger partial charge in [-0.05, 0) is 45.9 Å². The molecular formula is C19H31N2O9P2Y-. The van der Waals surface area contributed by atoms with Crippen molar-refractivity contribution in [2.45, 2.75) is 20.0 Å². The van der Waals surface area contributed by atoms with Crippen LogP contribution in [-0.4, -0.2) is 75.2 Å². The molecule has 0 atom stereocenters. The summed E-state index contributed by atoms with van der Waals surface area (Å²) in [5.41, 5.74) is 1.58. The minimum absolute atomic E-state index is 0. The Labute approximate surface area is 219 Å². The molecule has 0 saturated carbocycles. The molecule has 0 fully saturated rings. The molecule has 0 bridgehead atoms. The Balaban J connectivity index is 0.0000102. The number of benzene rings is 1. The van der Waals surface area contributed by atoms with Crippen LogP contribution in [0.5, 0.6) is 5.75 Å². The average Bonchev–Trinajstić information content (AvgIpc) is 2.60. The van der Waals surface area contributed by atoms with Crippen molar-refractivity contribution in [1.29, 1.82) is 0 Å². The van der Waals surface area contributed by atoms with Gasteiger partial charge >= 0.3 is 21.2 Å². The second-order valence-corrected chi connectivity index (χ2v) is 10.7. The van der Waals surface area contributed by atoms with Crippen LogP contribution < -0.4 is 4.74 Å². The first-order chi connectivity index (χ1) is 14.7. The molecule has 4 N–H and O–H groups in total. The van der Waals surface area contributed by atoms with Gasteiger partial charge in [0.1, 0.15) is 18.3 Å². The molecule has 185 valence electrons. The third-order valence-corrected chi connectivity index (χ3v) is 5.69. The van der Waals surface area contributed by atoms with Gasteiger partial charge in [-0.1, -0.05) is 18.7 Å². The van der Waals surface area contributed by atoms with Gasteiger partial charge in [0.25, 0.3) is 0 Å². The minimum Gasteiger partial charge on any atom is -0.525 e. The first-order valence-electron chi connectivity index (χ1n) is 9.52. The van der Waals surface area contributed by atoms with Crippen LogP contribution in [0.4, 0.5) is 0 Å². The number of carbonyl (C=O) groups is 1. The van der Waals surface area contributed by atoms with Gasteiger partial charge in [0.2, 0.25) is 0 Å². The summed E-state index contributed by atoms with van der Waals surface area (Å²) in [6, 6.07) is 5.15. The van der Waals surface area contributed by atoms with E-state index in [9.17, 15) is 33.5 Å². The van der Waals surface area contributed by atoms with Crippen LogP contribution in [0.1, 0.15) is 18.1 Å². The number of carbonyl (C=O) groups excluding carboxylic acids is 1. The van der Waals surface area contributed by atoms with E-state index in [1.54, 1.807) is 38.7 Å². The van der Waals surface area contributed by atoms with Crippen molar-refractivity contribution in [2.24, 2.45) is 0 Å². The Bertz CT molecular complexity index is 888. The van der Waals surface area contributed by atoms with Crippen molar-refractivity contribution >= 4 is 21.2 Å². The topological polar surface area (TPSA) is 157 Å². The smallest absolute Gasteiger partial charge is 0.339 e. The normalized spacial score (nSPS) is 11.9. The van der Waals surface area contributed by atoms with Crippen LogP contribution in [0.2, 0.25) is 0 Å². The van der Waals surface area contributed by atoms with Gasteiger partial charge in [-0.25, -0.2) is 4.79 Å². The van der Waals surface area contributed by atoms with Crippen molar-refractivity contribution < 1.29 is 75.7 Å². The van der Waals surface area contributed by atoms with Crippen LogP contribution in [0.15, 0.2) is 30.4 Å². The fraction of sp³-hybridized carbons (Fsp3) is 0.474. The van der Waals surface area contributed by atoms with Crippen LogP contribution in [0.3, 0.4) is 0 Å². The third kappa shape index (κ3) is 14.5. The molecule has 0 aromatic heterocycles. The molecule has 11 nitrogen and oxygen atoms in total. The number of hydrogen-bond donors (Lipinski definition) is 4. The number of rotatable bonds is 14. The van der Waals surface area contributed by atoms with E-state index in [1.165, 1.54) is 16.7 Å². The largest absolute Gasteiger partial charge is 0.525 e. The second-order valence-electron chi connectivity index (χ2n) is 7.51. The Morgan fingerprint density at radius 3 is 2.09 bits per heavy atom. The molecule has 33 heavy (non-hydrogen) atoms. The molecule has 0 aliphatic heterocycles. The van der Waals surface area contributed by atoms with E-state index in [0.29, 0.717) is 16.9 Å². The van der Waals surface area contributed by atoms with E-state index in [0.717, 1.165) is 0 Å². The summed E-state index contributed by atoms with van der Waals surface area (Å²) in [6.45, 7) is 5.45. The second kappa shape index (κ2) is 14.8. The molecule has 1 rings (SSSR count). The predicted octanol–water partition coefficient (Wildman–Crippen LogP) is 1.52. The van der Waals surface area contributed by atoms with Gasteiger partial charge in [-0.2, -0.15) is 0 Å². The van der Waals surface area contributed by atoms with Crippen LogP contribution in [-0.2, 0) is 64.5 Å². The average molecular weight is 582 g/mol. The molecule has 0 aliphatic carbocycles. The summed E-state index contributed by atoms with van der Waals surface area (Å²) < 4.78 is 33.4. The number of esters is 1. The Morgan fingerprint density at radius 2 is 1.58 bits per heavy atom. The van der Waals surface area contributed by atoms with E-state index in [-0.39, 0.29) is 64.6 Å². The van der Waals surface area contributed by atoms with E-state index in [4.69, 9.17) is 9.47 Å². The molecule has 1 aromatic carbocycles. The monoisotopic (exact) mass is 582 g/mol.